The molecule has 0 bridgehead atoms. The molecule has 9 heteroatoms. The molecule has 0 atom stereocenters. The van der Waals surface area contributed by atoms with Crippen molar-refractivity contribution in [2.24, 2.45) is 5.73 Å². The van der Waals surface area contributed by atoms with Gasteiger partial charge in [0.1, 0.15) is 11.4 Å². The zero-order chi connectivity index (χ0) is 22.1. The second-order valence-corrected chi connectivity index (χ2v) is 7.81. The SMILES string of the molecule is CCc1nc2ccc(CN3CCN(c4cc(C)c(C(N)=O)nc4F)CC3)cc2[nH]c1=O. The van der Waals surface area contributed by atoms with Crippen LogP contribution >= 0.6 is 0 Å². The van der Waals surface area contributed by atoms with Gasteiger partial charge in [0.05, 0.1) is 16.7 Å². The van der Waals surface area contributed by atoms with Crippen LogP contribution in [0.3, 0.4) is 0 Å². The lowest BCUT2D eigenvalue weighted by Gasteiger charge is -2.36. The minimum Gasteiger partial charge on any atom is -0.365 e. The number of nitrogens with two attached hydrogens (primary N) is 1. The fourth-order valence-corrected chi connectivity index (χ4v) is 3.96. The molecule has 0 saturated carbocycles. The Morgan fingerprint density at radius 1 is 1.19 bits per heavy atom. The smallest absolute Gasteiger partial charge is 0.270 e. The number of anilines is 1. The number of piperazine rings is 1. The Morgan fingerprint density at radius 3 is 2.61 bits per heavy atom. The summed E-state index contributed by atoms with van der Waals surface area (Å²) >= 11 is 0. The molecule has 2 aromatic heterocycles. The van der Waals surface area contributed by atoms with Crippen molar-refractivity contribution >= 4 is 22.6 Å². The predicted molar refractivity (Wildman–Crippen MR) is 117 cm³/mol. The highest BCUT2D eigenvalue weighted by Crippen LogP contribution is 2.23. The molecule has 0 aliphatic carbocycles. The van der Waals surface area contributed by atoms with Gasteiger partial charge in [-0.15, -0.1) is 0 Å². The third kappa shape index (κ3) is 4.27. The first-order valence-electron chi connectivity index (χ1n) is 10.3. The zero-order valence-electron chi connectivity index (χ0n) is 17.6. The number of hydrogen-bond acceptors (Lipinski definition) is 6. The van der Waals surface area contributed by atoms with E-state index < -0.39 is 11.9 Å². The fraction of sp³-hybridized carbons (Fsp3) is 0.364. The highest BCUT2D eigenvalue weighted by Gasteiger charge is 2.22. The number of amides is 1. The number of nitrogens with one attached hydrogen (secondary N) is 1. The second kappa shape index (κ2) is 8.43. The van der Waals surface area contributed by atoms with Crippen LogP contribution in [0.1, 0.15) is 34.2 Å². The van der Waals surface area contributed by atoms with Gasteiger partial charge < -0.3 is 15.6 Å². The van der Waals surface area contributed by atoms with Gasteiger partial charge in [0.15, 0.2) is 0 Å². The van der Waals surface area contributed by atoms with Gasteiger partial charge in [-0.1, -0.05) is 13.0 Å². The first kappa shape index (κ1) is 20.9. The van der Waals surface area contributed by atoms with E-state index in [0.29, 0.717) is 36.5 Å². The molecule has 1 aliphatic rings. The maximum atomic E-state index is 14.4. The number of fused-ring (bicyclic) bond motifs is 1. The summed E-state index contributed by atoms with van der Waals surface area (Å²) < 4.78 is 14.4. The first-order chi connectivity index (χ1) is 14.9. The maximum Gasteiger partial charge on any atom is 0.270 e. The van der Waals surface area contributed by atoms with Gasteiger partial charge in [-0.3, -0.25) is 14.5 Å². The molecule has 162 valence electrons. The van der Waals surface area contributed by atoms with Crippen molar-refractivity contribution in [3.8, 4) is 0 Å². The van der Waals surface area contributed by atoms with Gasteiger partial charge in [-0.05, 0) is 42.7 Å². The van der Waals surface area contributed by atoms with E-state index in [1.54, 1.807) is 13.0 Å². The van der Waals surface area contributed by atoms with E-state index in [1.165, 1.54) is 0 Å². The van der Waals surface area contributed by atoms with Crippen LogP contribution in [-0.2, 0) is 13.0 Å². The Bertz CT molecular complexity index is 1200. The summed E-state index contributed by atoms with van der Waals surface area (Å²) in [6.45, 7) is 7.11. The quantitative estimate of drug-likeness (QED) is 0.604. The van der Waals surface area contributed by atoms with Crippen molar-refractivity contribution < 1.29 is 9.18 Å². The largest absolute Gasteiger partial charge is 0.365 e. The highest BCUT2D eigenvalue weighted by atomic mass is 19.1. The normalized spacial score (nSPS) is 14.9. The number of hydrogen-bond donors (Lipinski definition) is 2. The lowest BCUT2D eigenvalue weighted by atomic mass is 10.1. The summed E-state index contributed by atoms with van der Waals surface area (Å²) in [5, 5.41) is 0. The Balaban J connectivity index is 1.44. The van der Waals surface area contributed by atoms with Gasteiger partial charge in [0, 0.05) is 32.7 Å². The van der Waals surface area contributed by atoms with E-state index in [9.17, 15) is 14.0 Å². The van der Waals surface area contributed by atoms with Crippen molar-refractivity contribution in [3.05, 3.63) is 63.1 Å². The number of pyridine rings is 1. The van der Waals surface area contributed by atoms with E-state index in [1.807, 2.05) is 30.0 Å². The van der Waals surface area contributed by atoms with Gasteiger partial charge in [0.25, 0.3) is 11.5 Å². The summed E-state index contributed by atoms with van der Waals surface area (Å²) in [6.07, 6.45) is 0.595. The topological polar surface area (TPSA) is 108 Å². The Morgan fingerprint density at radius 2 is 1.94 bits per heavy atom. The molecule has 0 spiro atoms. The molecule has 1 aliphatic heterocycles. The average Bonchev–Trinajstić information content (AvgIpc) is 2.75. The van der Waals surface area contributed by atoms with Crippen molar-refractivity contribution in [2.75, 3.05) is 31.1 Å². The molecule has 1 aromatic carbocycles. The number of H-pyrrole nitrogens is 1. The molecule has 1 fully saturated rings. The summed E-state index contributed by atoms with van der Waals surface area (Å²) in [4.78, 5) is 38.7. The lowest BCUT2D eigenvalue weighted by Crippen LogP contribution is -2.46. The molecule has 0 radical (unpaired) electrons. The predicted octanol–water partition coefficient (Wildman–Crippen LogP) is 1.75. The molecule has 1 saturated heterocycles. The fourth-order valence-electron chi connectivity index (χ4n) is 3.96. The third-order valence-electron chi connectivity index (χ3n) is 5.66. The number of benzene rings is 1. The second-order valence-electron chi connectivity index (χ2n) is 7.81. The van der Waals surface area contributed by atoms with Crippen molar-refractivity contribution in [3.63, 3.8) is 0 Å². The van der Waals surface area contributed by atoms with Gasteiger partial charge >= 0.3 is 0 Å². The van der Waals surface area contributed by atoms with E-state index in [4.69, 9.17) is 5.73 Å². The van der Waals surface area contributed by atoms with Crippen molar-refractivity contribution in [1.29, 1.82) is 0 Å². The molecule has 8 nitrogen and oxygen atoms in total. The zero-order valence-corrected chi connectivity index (χ0v) is 17.6. The lowest BCUT2D eigenvalue weighted by molar-refractivity contribution is 0.0994. The highest BCUT2D eigenvalue weighted by molar-refractivity contribution is 5.92. The molecule has 0 unspecified atom stereocenters. The monoisotopic (exact) mass is 424 g/mol. The third-order valence-corrected chi connectivity index (χ3v) is 5.66. The minimum atomic E-state index is -0.731. The summed E-state index contributed by atoms with van der Waals surface area (Å²) in [7, 11) is 0. The number of carbonyl (C=O) groups excluding carboxylic acids is 1. The number of rotatable bonds is 5. The molecule has 3 heterocycles. The number of halogens is 1. The summed E-state index contributed by atoms with van der Waals surface area (Å²) in [5.41, 5.74) is 9.16. The Labute approximate surface area is 178 Å². The van der Waals surface area contributed by atoms with E-state index in [-0.39, 0.29) is 11.3 Å². The maximum absolute atomic E-state index is 14.4. The standard InChI is InChI=1S/C22H25FN6O2/c1-3-15-22(31)26-17-11-14(4-5-16(17)25-15)12-28-6-8-29(9-7-28)18-10-13(2)19(21(24)30)27-20(18)23/h4-5,10-11H,3,6-9,12H2,1-2H3,(H2,24,30)(H,26,31). The first-order valence-corrected chi connectivity index (χ1v) is 10.3. The minimum absolute atomic E-state index is 0.0326. The molecule has 3 N–H and O–H groups in total. The summed E-state index contributed by atoms with van der Waals surface area (Å²) in [5.74, 6) is -1.41. The molecule has 3 aromatic rings. The number of aromatic nitrogens is 3. The number of aryl methyl sites for hydroxylation is 2. The van der Waals surface area contributed by atoms with Crippen LogP contribution in [0.25, 0.3) is 11.0 Å². The van der Waals surface area contributed by atoms with Crippen LogP contribution in [0.15, 0.2) is 29.1 Å². The molecule has 31 heavy (non-hydrogen) atoms. The van der Waals surface area contributed by atoms with E-state index in [0.717, 1.165) is 36.2 Å². The van der Waals surface area contributed by atoms with Crippen molar-refractivity contribution in [1.82, 2.24) is 19.9 Å². The number of nitrogens with zero attached hydrogens (tertiary/aromatic N) is 4. The van der Waals surface area contributed by atoms with E-state index in [2.05, 4.69) is 19.9 Å². The number of primary amides is 1. The Hall–Kier alpha value is -3.33. The van der Waals surface area contributed by atoms with Gasteiger partial charge in [0.2, 0.25) is 5.95 Å². The van der Waals surface area contributed by atoms with Crippen LogP contribution < -0.4 is 16.2 Å². The van der Waals surface area contributed by atoms with Crippen LogP contribution in [0.4, 0.5) is 10.1 Å². The summed E-state index contributed by atoms with van der Waals surface area (Å²) in [6, 6.07) is 7.55. The molecular weight excluding hydrogens is 399 g/mol. The van der Waals surface area contributed by atoms with Crippen LogP contribution in [0.2, 0.25) is 0 Å². The van der Waals surface area contributed by atoms with Crippen LogP contribution in [0.5, 0.6) is 0 Å². The van der Waals surface area contributed by atoms with Crippen molar-refractivity contribution in [2.45, 2.75) is 26.8 Å². The molecule has 4 rings (SSSR count). The van der Waals surface area contributed by atoms with E-state index >= 15 is 0 Å². The number of aromatic amines is 1. The number of carbonyl (C=O) groups is 1. The van der Waals surface area contributed by atoms with Gasteiger partial charge in [-0.2, -0.15) is 4.39 Å². The molecular formula is C22H25FN6O2. The van der Waals surface area contributed by atoms with Crippen LogP contribution in [0, 0.1) is 12.9 Å². The Kier molecular flexibility index (Phi) is 5.69. The van der Waals surface area contributed by atoms with Gasteiger partial charge in [-0.25, -0.2) is 9.97 Å². The molecule has 1 amide bonds. The van der Waals surface area contributed by atoms with Crippen LogP contribution in [-0.4, -0.2) is 51.9 Å². The average molecular weight is 424 g/mol.